The minimum absolute atomic E-state index is 0.204. The first-order valence-electron chi connectivity index (χ1n) is 6.91. The van der Waals surface area contributed by atoms with Gasteiger partial charge >= 0.3 is 0 Å². The van der Waals surface area contributed by atoms with Gasteiger partial charge in [0, 0.05) is 0 Å². The maximum absolute atomic E-state index is 12.8. The monoisotopic (exact) mass is 396 g/mol. The zero-order valence-electron chi connectivity index (χ0n) is 13.0. The lowest BCUT2D eigenvalue weighted by molar-refractivity contribution is -0.107. The molecule has 0 amide bonds. The second-order valence-electron chi connectivity index (χ2n) is 5.19. The molecule has 2 aromatic carbocycles. The number of rotatable bonds is 5. The molecule has 0 spiro atoms. The van der Waals surface area contributed by atoms with Gasteiger partial charge < -0.3 is 9.53 Å². The van der Waals surface area contributed by atoms with Gasteiger partial charge in [0.1, 0.15) is 12.0 Å². The molecule has 0 fully saturated rings. The fraction of sp³-hybridized carbons (Fsp3) is 0.235. The molecule has 23 heavy (non-hydrogen) atoms. The first kappa shape index (κ1) is 17.7. The van der Waals surface area contributed by atoms with E-state index in [0.29, 0.717) is 5.75 Å². The third-order valence-electron chi connectivity index (χ3n) is 3.64. The number of aldehydes is 1. The molecule has 0 aliphatic rings. The average molecular weight is 397 g/mol. The molecule has 2 rings (SSSR count). The van der Waals surface area contributed by atoms with Crippen molar-refractivity contribution in [2.75, 3.05) is 7.11 Å². The third-order valence-corrected chi connectivity index (χ3v) is 6.07. The average Bonchev–Trinajstić information content (AvgIpc) is 2.53. The summed E-state index contributed by atoms with van der Waals surface area (Å²) in [6, 6.07) is 9.46. The predicted molar refractivity (Wildman–Crippen MR) is 92.1 cm³/mol. The molecule has 0 radical (unpaired) electrons. The van der Waals surface area contributed by atoms with Crippen LogP contribution in [0.15, 0.2) is 46.2 Å². The largest absolute Gasteiger partial charge is 0.497 e. The Morgan fingerprint density at radius 2 is 1.57 bits per heavy atom. The van der Waals surface area contributed by atoms with Gasteiger partial charge in [-0.1, -0.05) is 15.9 Å². The number of methoxy groups -OCH3 is 1. The summed E-state index contributed by atoms with van der Waals surface area (Å²) in [6.45, 7) is 3.60. The highest BCUT2D eigenvalue weighted by atomic mass is 79.9. The van der Waals surface area contributed by atoms with Crippen LogP contribution in [0.25, 0.3) is 0 Å². The molecule has 1 unspecified atom stereocenters. The number of hydrogen-bond donors (Lipinski definition) is 0. The van der Waals surface area contributed by atoms with Crippen LogP contribution in [0.4, 0.5) is 0 Å². The number of carbonyl (C=O) groups is 1. The van der Waals surface area contributed by atoms with E-state index in [4.69, 9.17) is 4.74 Å². The number of halogens is 1. The van der Waals surface area contributed by atoms with Gasteiger partial charge in [-0.25, -0.2) is 8.42 Å². The van der Waals surface area contributed by atoms with Gasteiger partial charge in [0.2, 0.25) is 9.84 Å². The smallest absolute Gasteiger partial charge is 0.206 e. The highest BCUT2D eigenvalue weighted by molar-refractivity contribution is 9.09. The van der Waals surface area contributed by atoms with Crippen molar-refractivity contribution in [3.05, 3.63) is 53.1 Å². The first-order chi connectivity index (χ1) is 10.8. The fourth-order valence-corrected chi connectivity index (χ4v) is 4.64. The lowest BCUT2D eigenvalue weighted by atomic mass is 10.0. The first-order valence-corrected chi connectivity index (χ1v) is 9.30. The normalized spacial score (nSPS) is 12.7. The lowest BCUT2D eigenvalue weighted by Crippen LogP contribution is -2.06. The topological polar surface area (TPSA) is 60.4 Å². The maximum atomic E-state index is 12.8. The number of benzene rings is 2. The molecule has 0 heterocycles. The van der Waals surface area contributed by atoms with Crippen LogP contribution in [0.5, 0.6) is 5.75 Å². The predicted octanol–water partition coefficient (Wildman–Crippen LogP) is 3.78. The van der Waals surface area contributed by atoms with E-state index in [9.17, 15) is 13.2 Å². The van der Waals surface area contributed by atoms with Gasteiger partial charge in [-0.05, 0) is 66.9 Å². The van der Waals surface area contributed by atoms with Crippen LogP contribution in [0, 0.1) is 13.8 Å². The SMILES string of the molecule is COc1ccc(S(=O)(=O)c2cc(C)c(C(Br)C=O)c(C)c2)cc1. The number of sulfone groups is 1. The Morgan fingerprint density at radius 1 is 1.04 bits per heavy atom. The molecule has 6 heteroatoms. The summed E-state index contributed by atoms with van der Waals surface area (Å²) in [5, 5.41) is 0. The van der Waals surface area contributed by atoms with Crippen LogP contribution >= 0.6 is 15.9 Å². The van der Waals surface area contributed by atoms with Crippen molar-refractivity contribution in [3.63, 3.8) is 0 Å². The van der Waals surface area contributed by atoms with Crippen LogP contribution in [-0.4, -0.2) is 21.8 Å². The van der Waals surface area contributed by atoms with Crippen molar-refractivity contribution >= 4 is 32.1 Å². The van der Waals surface area contributed by atoms with Gasteiger partial charge in [0.15, 0.2) is 0 Å². The van der Waals surface area contributed by atoms with Crippen LogP contribution < -0.4 is 4.74 Å². The van der Waals surface area contributed by atoms with E-state index in [0.717, 1.165) is 23.0 Å². The fourth-order valence-electron chi connectivity index (χ4n) is 2.48. The second-order valence-corrected chi connectivity index (χ2v) is 8.12. The summed E-state index contributed by atoms with van der Waals surface area (Å²) in [4.78, 5) is 11.0. The van der Waals surface area contributed by atoms with Gasteiger partial charge in [-0.15, -0.1) is 0 Å². The lowest BCUT2D eigenvalue weighted by Gasteiger charge is -2.14. The van der Waals surface area contributed by atoms with Crippen molar-refractivity contribution in [2.45, 2.75) is 28.5 Å². The van der Waals surface area contributed by atoms with Crippen LogP contribution in [0.2, 0.25) is 0 Å². The summed E-state index contributed by atoms with van der Waals surface area (Å²) in [7, 11) is -2.09. The van der Waals surface area contributed by atoms with E-state index in [-0.39, 0.29) is 9.79 Å². The summed E-state index contributed by atoms with van der Waals surface area (Å²) >= 11 is 3.29. The van der Waals surface area contributed by atoms with Crippen molar-refractivity contribution in [1.82, 2.24) is 0 Å². The van der Waals surface area contributed by atoms with Crippen molar-refractivity contribution in [2.24, 2.45) is 0 Å². The van der Waals surface area contributed by atoms with E-state index in [2.05, 4.69) is 15.9 Å². The van der Waals surface area contributed by atoms with Gasteiger partial charge in [0.05, 0.1) is 21.7 Å². The molecule has 1 atom stereocenters. The van der Waals surface area contributed by atoms with Crippen LogP contribution in [0.1, 0.15) is 21.5 Å². The minimum atomic E-state index is -3.62. The third kappa shape index (κ3) is 3.48. The van der Waals surface area contributed by atoms with Crippen molar-refractivity contribution in [1.29, 1.82) is 0 Å². The molecule has 122 valence electrons. The van der Waals surface area contributed by atoms with Gasteiger partial charge in [-0.2, -0.15) is 0 Å². The van der Waals surface area contributed by atoms with Gasteiger partial charge in [-0.3, -0.25) is 0 Å². The highest BCUT2D eigenvalue weighted by Crippen LogP contribution is 2.31. The Balaban J connectivity index is 2.54. The van der Waals surface area contributed by atoms with Crippen LogP contribution in [-0.2, 0) is 14.6 Å². The van der Waals surface area contributed by atoms with E-state index in [1.54, 1.807) is 38.1 Å². The molecule has 4 nitrogen and oxygen atoms in total. The van der Waals surface area contributed by atoms with Gasteiger partial charge in [0.25, 0.3) is 0 Å². The maximum Gasteiger partial charge on any atom is 0.206 e. The Kier molecular flexibility index (Phi) is 5.26. The Bertz CT molecular complexity index is 803. The number of ether oxygens (including phenoxy) is 1. The molecule has 2 aromatic rings. The molecule has 0 aromatic heterocycles. The summed E-state index contributed by atoms with van der Waals surface area (Å²) in [6.07, 6.45) is 0.785. The number of alkyl halides is 1. The molecule has 0 aliphatic carbocycles. The Hall–Kier alpha value is -1.66. The number of aryl methyl sites for hydroxylation is 2. The number of hydrogen-bond acceptors (Lipinski definition) is 4. The quantitative estimate of drug-likeness (QED) is 0.569. The van der Waals surface area contributed by atoms with Crippen LogP contribution in [0.3, 0.4) is 0 Å². The molecular formula is C17H17BrO4S. The zero-order chi connectivity index (χ0) is 17.2. The summed E-state index contributed by atoms with van der Waals surface area (Å²) in [5.41, 5.74) is 2.31. The summed E-state index contributed by atoms with van der Waals surface area (Å²) < 4.78 is 30.6. The molecule has 0 N–H and O–H groups in total. The second kappa shape index (κ2) is 6.84. The van der Waals surface area contributed by atoms with Crippen molar-refractivity contribution < 1.29 is 17.9 Å². The Morgan fingerprint density at radius 3 is 2.00 bits per heavy atom. The molecule has 0 aliphatic heterocycles. The summed E-state index contributed by atoms with van der Waals surface area (Å²) in [5.74, 6) is 0.597. The molecular weight excluding hydrogens is 380 g/mol. The molecule has 0 bridgehead atoms. The van der Waals surface area contributed by atoms with E-state index in [1.165, 1.54) is 19.2 Å². The zero-order valence-corrected chi connectivity index (χ0v) is 15.4. The Labute approximate surface area is 144 Å². The van der Waals surface area contributed by atoms with E-state index < -0.39 is 14.7 Å². The van der Waals surface area contributed by atoms with E-state index in [1.807, 2.05) is 0 Å². The molecule has 0 saturated heterocycles. The highest BCUT2D eigenvalue weighted by Gasteiger charge is 2.21. The van der Waals surface area contributed by atoms with E-state index >= 15 is 0 Å². The standard InChI is InChI=1S/C17H17BrO4S/c1-11-8-15(9-12(2)17(11)16(18)10-19)23(20,21)14-6-4-13(22-3)5-7-14/h4-10,16H,1-3H3. The molecule has 0 saturated carbocycles. The van der Waals surface area contributed by atoms with Crippen molar-refractivity contribution in [3.8, 4) is 5.75 Å². The minimum Gasteiger partial charge on any atom is -0.497 e. The number of carbonyl (C=O) groups excluding carboxylic acids is 1.